The normalized spacial score (nSPS) is 12.7. The molecule has 126 valence electrons. The molecule has 0 saturated heterocycles. The van der Waals surface area contributed by atoms with E-state index in [0.717, 1.165) is 5.69 Å². The van der Waals surface area contributed by atoms with Crippen molar-refractivity contribution in [2.45, 2.75) is 0 Å². The second-order valence-corrected chi connectivity index (χ2v) is 6.00. The molecule has 1 N–H and O–H groups in total. The number of benzene rings is 2. The van der Waals surface area contributed by atoms with Crippen LogP contribution in [0.15, 0.2) is 60.9 Å². The van der Waals surface area contributed by atoms with Crippen molar-refractivity contribution in [3.05, 3.63) is 71.5 Å². The van der Waals surface area contributed by atoms with Crippen LogP contribution in [0.4, 0.5) is 5.69 Å². The van der Waals surface area contributed by atoms with Gasteiger partial charge in [-0.05, 0) is 48.5 Å². The Morgan fingerprint density at radius 2 is 1.76 bits per heavy atom. The predicted octanol–water partition coefficient (Wildman–Crippen LogP) is 4.15. The number of aromatic nitrogens is 1. The number of nitrogens with zero attached hydrogens (tertiary/aromatic N) is 1. The number of hydrogen-bond acceptors (Lipinski definition) is 3. The van der Waals surface area contributed by atoms with E-state index in [4.69, 9.17) is 21.1 Å². The molecular weight excluding hydrogens is 340 g/mol. The Labute approximate surface area is 149 Å². The zero-order chi connectivity index (χ0) is 17.2. The predicted molar refractivity (Wildman–Crippen MR) is 96.2 cm³/mol. The maximum Gasteiger partial charge on any atom is 0.255 e. The maximum atomic E-state index is 12.7. The van der Waals surface area contributed by atoms with Gasteiger partial charge in [0.1, 0.15) is 13.2 Å². The SMILES string of the molecule is O=C(Nc1ccc(Cl)cc1-n1cccc1)c1ccc2c(c1)OCCO2. The highest BCUT2D eigenvalue weighted by Crippen LogP contribution is 2.31. The number of carbonyl (C=O) groups is 1. The number of rotatable bonds is 3. The fraction of sp³-hybridized carbons (Fsp3) is 0.105. The molecule has 0 unspecified atom stereocenters. The van der Waals surface area contributed by atoms with Gasteiger partial charge in [-0.1, -0.05) is 11.6 Å². The highest BCUT2D eigenvalue weighted by molar-refractivity contribution is 6.31. The van der Waals surface area contributed by atoms with Gasteiger partial charge in [0.2, 0.25) is 0 Å². The molecule has 0 fully saturated rings. The Kier molecular flexibility index (Phi) is 4.07. The quantitative estimate of drug-likeness (QED) is 0.768. The Morgan fingerprint density at radius 1 is 1.00 bits per heavy atom. The zero-order valence-corrected chi connectivity index (χ0v) is 14.0. The van der Waals surface area contributed by atoms with E-state index in [1.165, 1.54) is 0 Å². The van der Waals surface area contributed by atoms with E-state index in [9.17, 15) is 4.79 Å². The Hall–Kier alpha value is -2.92. The van der Waals surface area contributed by atoms with Crippen LogP contribution in [0.5, 0.6) is 11.5 Å². The summed E-state index contributed by atoms with van der Waals surface area (Å²) in [4.78, 5) is 12.7. The number of fused-ring (bicyclic) bond motifs is 1. The van der Waals surface area contributed by atoms with E-state index in [2.05, 4.69) is 5.32 Å². The monoisotopic (exact) mass is 354 g/mol. The Morgan fingerprint density at radius 3 is 2.56 bits per heavy atom. The molecule has 3 aromatic rings. The molecule has 0 aliphatic carbocycles. The number of anilines is 1. The summed E-state index contributed by atoms with van der Waals surface area (Å²) in [7, 11) is 0. The van der Waals surface area contributed by atoms with Crippen molar-refractivity contribution < 1.29 is 14.3 Å². The lowest BCUT2D eigenvalue weighted by Crippen LogP contribution is -2.17. The molecule has 0 saturated carbocycles. The van der Waals surface area contributed by atoms with Crippen molar-refractivity contribution >= 4 is 23.2 Å². The van der Waals surface area contributed by atoms with E-state index < -0.39 is 0 Å². The lowest BCUT2D eigenvalue weighted by molar-refractivity contribution is 0.102. The molecule has 1 amide bonds. The van der Waals surface area contributed by atoms with E-state index in [0.29, 0.717) is 41.0 Å². The van der Waals surface area contributed by atoms with Crippen molar-refractivity contribution in [3.63, 3.8) is 0 Å². The molecule has 6 heteroatoms. The lowest BCUT2D eigenvalue weighted by atomic mass is 10.1. The van der Waals surface area contributed by atoms with E-state index in [1.807, 2.05) is 29.1 Å². The smallest absolute Gasteiger partial charge is 0.255 e. The number of carbonyl (C=O) groups excluding carboxylic acids is 1. The fourth-order valence-electron chi connectivity index (χ4n) is 2.70. The summed E-state index contributed by atoms with van der Waals surface area (Å²) >= 11 is 6.11. The van der Waals surface area contributed by atoms with Crippen LogP contribution in [0, 0.1) is 0 Å². The van der Waals surface area contributed by atoms with Crippen LogP contribution in [0.1, 0.15) is 10.4 Å². The summed E-state index contributed by atoms with van der Waals surface area (Å²) in [5.74, 6) is 1.01. The topological polar surface area (TPSA) is 52.5 Å². The second-order valence-electron chi connectivity index (χ2n) is 5.56. The van der Waals surface area contributed by atoms with Crippen molar-refractivity contribution in [2.24, 2.45) is 0 Å². The van der Waals surface area contributed by atoms with Crippen LogP contribution < -0.4 is 14.8 Å². The average Bonchev–Trinajstić information content (AvgIpc) is 3.17. The van der Waals surface area contributed by atoms with E-state index in [-0.39, 0.29) is 5.91 Å². The highest BCUT2D eigenvalue weighted by atomic mass is 35.5. The summed E-state index contributed by atoms with van der Waals surface area (Å²) in [6, 6.07) is 14.3. The molecule has 1 aromatic heterocycles. The van der Waals surface area contributed by atoms with Gasteiger partial charge < -0.3 is 19.4 Å². The van der Waals surface area contributed by atoms with Gasteiger partial charge in [-0.25, -0.2) is 0 Å². The number of amides is 1. The van der Waals surface area contributed by atoms with E-state index in [1.54, 1.807) is 36.4 Å². The van der Waals surface area contributed by atoms with Gasteiger partial charge in [0, 0.05) is 23.0 Å². The Bertz CT molecular complexity index is 922. The van der Waals surface area contributed by atoms with Crippen molar-refractivity contribution in [2.75, 3.05) is 18.5 Å². The average molecular weight is 355 g/mol. The van der Waals surface area contributed by atoms with Gasteiger partial charge in [0.15, 0.2) is 11.5 Å². The minimum Gasteiger partial charge on any atom is -0.486 e. The third kappa shape index (κ3) is 3.19. The largest absolute Gasteiger partial charge is 0.486 e. The first-order valence-corrected chi connectivity index (χ1v) is 8.22. The van der Waals surface area contributed by atoms with Gasteiger partial charge in [-0.3, -0.25) is 4.79 Å². The summed E-state index contributed by atoms with van der Waals surface area (Å²) < 4.78 is 12.9. The molecule has 0 atom stereocenters. The molecule has 4 rings (SSSR count). The molecule has 0 radical (unpaired) electrons. The summed E-state index contributed by atoms with van der Waals surface area (Å²) in [6.07, 6.45) is 3.79. The van der Waals surface area contributed by atoms with Crippen molar-refractivity contribution in [3.8, 4) is 17.2 Å². The minimum absolute atomic E-state index is 0.229. The fourth-order valence-corrected chi connectivity index (χ4v) is 2.86. The molecule has 1 aliphatic heterocycles. The molecule has 25 heavy (non-hydrogen) atoms. The van der Waals surface area contributed by atoms with Gasteiger partial charge in [0.25, 0.3) is 5.91 Å². The van der Waals surface area contributed by atoms with Crippen LogP contribution in [-0.4, -0.2) is 23.7 Å². The molecule has 2 aromatic carbocycles. The second kappa shape index (κ2) is 6.53. The standard InChI is InChI=1S/C19H15ClN2O3/c20-14-4-5-15(16(12-14)22-7-1-2-8-22)21-19(23)13-3-6-17-18(11-13)25-10-9-24-17/h1-8,11-12H,9-10H2,(H,21,23). The van der Waals surface area contributed by atoms with Crippen LogP contribution in [0.25, 0.3) is 5.69 Å². The summed E-state index contributed by atoms with van der Waals surface area (Å²) in [5, 5.41) is 3.53. The number of ether oxygens (including phenoxy) is 2. The van der Waals surface area contributed by atoms with Crippen molar-refractivity contribution in [1.29, 1.82) is 0 Å². The van der Waals surface area contributed by atoms with Crippen LogP contribution in [0.3, 0.4) is 0 Å². The molecule has 1 aliphatic rings. The minimum atomic E-state index is -0.229. The van der Waals surface area contributed by atoms with Gasteiger partial charge in [-0.2, -0.15) is 0 Å². The first-order valence-electron chi connectivity index (χ1n) is 7.84. The summed E-state index contributed by atoms with van der Waals surface area (Å²) in [5.41, 5.74) is 1.96. The Balaban J connectivity index is 1.63. The van der Waals surface area contributed by atoms with Crippen LogP contribution in [0.2, 0.25) is 5.02 Å². The molecule has 5 nitrogen and oxygen atoms in total. The number of halogens is 1. The zero-order valence-electron chi connectivity index (χ0n) is 13.2. The molecule has 2 heterocycles. The van der Waals surface area contributed by atoms with Gasteiger partial charge in [0.05, 0.1) is 11.4 Å². The van der Waals surface area contributed by atoms with Crippen LogP contribution >= 0.6 is 11.6 Å². The molecule has 0 bridgehead atoms. The first-order chi connectivity index (χ1) is 12.2. The third-order valence-electron chi connectivity index (χ3n) is 3.89. The molecular formula is C19H15ClN2O3. The van der Waals surface area contributed by atoms with Crippen LogP contribution in [-0.2, 0) is 0 Å². The first kappa shape index (κ1) is 15.6. The lowest BCUT2D eigenvalue weighted by Gasteiger charge is -2.19. The van der Waals surface area contributed by atoms with Gasteiger partial charge >= 0.3 is 0 Å². The number of nitrogens with one attached hydrogen (secondary N) is 1. The number of hydrogen-bond donors (Lipinski definition) is 1. The highest BCUT2D eigenvalue weighted by Gasteiger charge is 2.16. The van der Waals surface area contributed by atoms with E-state index >= 15 is 0 Å². The third-order valence-corrected chi connectivity index (χ3v) is 4.13. The maximum absolute atomic E-state index is 12.7. The van der Waals surface area contributed by atoms with Crippen molar-refractivity contribution in [1.82, 2.24) is 4.57 Å². The molecule has 0 spiro atoms. The summed E-state index contributed by atoms with van der Waals surface area (Å²) in [6.45, 7) is 0.997. The van der Waals surface area contributed by atoms with Gasteiger partial charge in [-0.15, -0.1) is 0 Å².